The van der Waals surface area contributed by atoms with Crippen molar-refractivity contribution in [2.45, 2.75) is 19.4 Å². The zero-order valence-corrected chi connectivity index (χ0v) is 16.2. The van der Waals surface area contributed by atoms with Crippen LogP contribution in [0.4, 0.5) is 5.69 Å². The molecule has 3 aromatic rings. The van der Waals surface area contributed by atoms with Gasteiger partial charge in [-0.15, -0.1) is 0 Å². The SMILES string of the molecule is Cc1c[nH]c2c(OCc3ccccc3)cc3c(c12)C(CO)CN3CS(=O)(=O)O. The number of aromatic nitrogens is 1. The second kappa shape index (κ2) is 7.12. The molecule has 2 aromatic carbocycles. The van der Waals surface area contributed by atoms with E-state index >= 15 is 0 Å². The molecule has 4 rings (SSSR count). The minimum Gasteiger partial charge on any atom is -0.487 e. The lowest BCUT2D eigenvalue weighted by Gasteiger charge is -2.19. The Hall–Kier alpha value is -2.55. The van der Waals surface area contributed by atoms with Crippen molar-refractivity contribution in [2.24, 2.45) is 0 Å². The minimum atomic E-state index is -4.20. The third-order valence-corrected chi connectivity index (χ3v) is 5.74. The van der Waals surface area contributed by atoms with Gasteiger partial charge in [-0.3, -0.25) is 4.55 Å². The Labute approximate surface area is 163 Å². The molecule has 0 aliphatic carbocycles. The van der Waals surface area contributed by atoms with Crippen molar-refractivity contribution in [3.8, 4) is 5.75 Å². The molecule has 28 heavy (non-hydrogen) atoms. The van der Waals surface area contributed by atoms with Crippen LogP contribution in [-0.4, -0.2) is 42.1 Å². The van der Waals surface area contributed by atoms with Gasteiger partial charge in [-0.05, 0) is 23.6 Å². The monoisotopic (exact) mass is 402 g/mol. The first kappa shape index (κ1) is 18.8. The highest BCUT2D eigenvalue weighted by Crippen LogP contribution is 2.46. The van der Waals surface area contributed by atoms with Gasteiger partial charge in [0.2, 0.25) is 0 Å². The molecule has 0 fully saturated rings. The predicted octanol–water partition coefficient (Wildman–Crippen LogP) is 2.80. The normalized spacial score (nSPS) is 16.5. The summed E-state index contributed by atoms with van der Waals surface area (Å²) in [6.07, 6.45) is 1.88. The molecule has 0 saturated carbocycles. The van der Waals surface area contributed by atoms with E-state index in [0.29, 0.717) is 24.6 Å². The number of nitrogens with one attached hydrogen (secondary N) is 1. The highest BCUT2D eigenvalue weighted by atomic mass is 32.2. The number of hydrogen-bond acceptors (Lipinski definition) is 5. The molecular formula is C20H22N2O5S. The molecule has 1 unspecified atom stereocenters. The quantitative estimate of drug-likeness (QED) is 0.548. The van der Waals surface area contributed by atoms with E-state index in [1.807, 2.05) is 43.5 Å². The molecule has 1 aromatic heterocycles. The van der Waals surface area contributed by atoms with Crippen LogP contribution in [0.2, 0.25) is 0 Å². The number of nitrogens with zero attached hydrogens (tertiary/aromatic N) is 1. The van der Waals surface area contributed by atoms with Crippen molar-refractivity contribution >= 4 is 26.7 Å². The van der Waals surface area contributed by atoms with Gasteiger partial charge < -0.3 is 19.7 Å². The fourth-order valence-electron chi connectivity index (χ4n) is 3.91. The van der Waals surface area contributed by atoms with E-state index < -0.39 is 16.0 Å². The smallest absolute Gasteiger partial charge is 0.283 e. The van der Waals surface area contributed by atoms with Crippen molar-refractivity contribution in [3.05, 3.63) is 59.3 Å². The van der Waals surface area contributed by atoms with Crippen molar-refractivity contribution in [1.29, 1.82) is 0 Å². The average molecular weight is 402 g/mol. The first-order valence-electron chi connectivity index (χ1n) is 8.99. The fourth-order valence-corrected chi connectivity index (χ4v) is 4.55. The first-order valence-corrected chi connectivity index (χ1v) is 10.6. The van der Waals surface area contributed by atoms with Crippen LogP contribution in [-0.2, 0) is 16.7 Å². The summed E-state index contributed by atoms with van der Waals surface area (Å²) in [5.74, 6) is -0.162. The molecule has 1 aliphatic rings. The van der Waals surface area contributed by atoms with E-state index in [2.05, 4.69) is 4.98 Å². The van der Waals surface area contributed by atoms with Gasteiger partial charge in [0, 0.05) is 35.8 Å². The van der Waals surface area contributed by atoms with Gasteiger partial charge in [0.15, 0.2) is 0 Å². The van der Waals surface area contributed by atoms with E-state index in [9.17, 15) is 18.1 Å². The zero-order valence-electron chi connectivity index (χ0n) is 15.4. The molecule has 8 heteroatoms. The molecule has 148 valence electrons. The molecule has 0 radical (unpaired) electrons. The Morgan fingerprint density at radius 2 is 2.04 bits per heavy atom. The lowest BCUT2D eigenvalue weighted by Crippen LogP contribution is -2.29. The zero-order chi connectivity index (χ0) is 19.9. The summed E-state index contributed by atoms with van der Waals surface area (Å²) in [5, 5.41) is 10.8. The minimum absolute atomic E-state index is 0.112. The van der Waals surface area contributed by atoms with Gasteiger partial charge in [-0.2, -0.15) is 8.42 Å². The number of ether oxygens (including phenoxy) is 1. The molecule has 2 heterocycles. The lowest BCUT2D eigenvalue weighted by molar-refractivity contribution is 0.271. The number of aliphatic hydroxyl groups is 1. The van der Waals surface area contributed by atoms with Gasteiger partial charge in [0.25, 0.3) is 10.1 Å². The van der Waals surface area contributed by atoms with Crippen LogP contribution in [0.5, 0.6) is 5.75 Å². The van der Waals surface area contributed by atoms with E-state index in [-0.39, 0.29) is 12.5 Å². The number of aromatic amines is 1. The maximum atomic E-state index is 11.5. The number of benzene rings is 2. The lowest BCUT2D eigenvalue weighted by atomic mass is 9.96. The molecular weight excluding hydrogens is 380 g/mol. The van der Waals surface area contributed by atoms with Crippen molar-refractivity contribution in [1.82, 2.24) is 4.98 Å². The van der Waals surface area contributed by atoms with Gasteiger partial charge in [0.1, 0.15) is 18.2 Å². The number of rotatable bonds is 6. The standard InChI is InChI=1S/C20H22N2O5S/c1-13-8-21-20-17(27-11-14-5-3-2-4-6-14)7-16-19(18(13)20)15(10-23)9-22(16)12-28(24,25)26/h2-8,15,21,23H,9-12H2,1H3,(H,24,25,26). The maximum absolute atomic E-state index is 11.5. The summed E-state index contributed by atoms with van der Waals surface area (Å²) in [6.45, 7) is 2.53. The number of aliphatic hydroxyl groups excluding tert-OH is 1. The first-order chi connectivity index (χ1) is 13.4. The second-order valence-electron chi connectivity index (χ2n) is 7.12. The van der Waals surface area contributed by atoms with Crippen molar-refractivity contribution in [3.63, 3.8) is 0 Å². The second-order valence-corrected chi connectivity index (χ2v) is 8.54. The van der Waals surface area contributed by atoms with E-state index in [0.717, 1.165) is 27.6 Å². The number of hydrogen-bond donors (Lipinski definition) is 3. The van der Waals surface area contributed by atoms with Crippen LogP contribution in [0.1, 0.15) is 22.6 Å². The number of fused-ring (bicyclic) bond motifs is 3. The third kappa shape index (κ3) is 3.46. The molecule has 3 N–H and O–H groups in total. The number of anilines is 1. The molecule has 0 bridgehead atoms. The molecule has 1 aliphatic heterocycles. The van der Waals surface area contributed by atoms with Crippen LogP contribution in [0.3, 0.4) is 0 Å². The largest absolute Gasteiger partial charge is 0.487 e. The average Bonchev–Trinajstić information content (AvgIpc) is 3.20. The van der Waals surface area contributed by atoms with Gasteiger partial charge in [-0.1, -0.05) is 30.3 Å². The third-order valence-electron chi connectivity index (χ3n) is 5.10. The summed E-state index contributed by atoms with van der Waals surface area (Å²) in [6, 6.07) is 11.5. The fraction of sp³-hybridized carbons (Fsp3) is 0.300. The van der Waals surface area contributed by atoms with Crippen LogP contribution < -0.4 is 9.64 Å². The Bertz CT molecular complexity index is 1110. The van der Waals surface area contributed by atoms with E-state index in [1.54, 1.807) is 11.0 Å². The molecule has 0 amide bonds. The van der Waals surface area contributed by atoms with Gasteiger partial charge in [0.05, 0.1) is 12.1 Å². The summed E-state index contributed by atoms with van der Waals surface area (Å²) in [5.41, 5.74) is 4.37. The summed E-state index contributed by atoms with van der Waals surface area (Å²) in [4.78, 5) is 4.81. The number of H-pyrrole nitrogens is 1. The topological polar surface area (TPSA) is 103 Å². The van der Waals surface area contributed by atoms with Crippen molar-refractivity contribution in [2.75, 3.05) is 23.9 Å². The Balaban J connectivity index is 1.80. The van der Waals surface area contributed by atoms with Crippen LogP contribution in [0, 0.1) is 6.92 Å². The molecule has 0 saturated heterocycles. The summed E-state index contributed by atoms with van der Waals surface area (Å²) < 4.78 is 38.4. The Morgan fingerprint density at radius 1 is 1.29 bits per heavy atom. The summed E-state index contributed by atoms with van der Waals surface area (Å²) >= 11 is 0. The predicted molar refractivity (Wildman–Crippen MR) is 107 cm³/mol. The van der Waals surface area contributed by atoms with E-state index in [4.69, 9.17) is 4.74 Å². The van der Waals surface area contributed by atoms with Crippen LogP contribution in [0.15, 0.2) is 42.6 Å². The van der Waals surface area contributed by atoms with Gasteiger partial charge in [-0.25, -0.2) is 0 Å². The Morgan fingerprint density at radius 3 is 2.71 bits per heavy atom. The Kier molecular flexibility index (Phi) is 4.78. The molecule has 0 spiro atoms. The van der Waals surface area contributed by atoms with E-state index in [1.165, 1.54) is 0 Å². The maximum Gasteiger partial charge on any atom is 0.283 e. The van der Waals surface area contributed by atoms with Crippen LogP contribution >= 0.6 is 0 Å². The molecule has 1 atom stereocenters. The number of aryl methyl sites for hydroxylation is 1. The van der Waals surface area contributed by atoms with Crippen LogP contribution in [0.25, 0.3) is 10.9 Å². The summed E-state index contributed by atoms with van der Waals surface area (Å²) in [7, 11) is -4.20. The van der Waals surface area contributed by atoms with Crippen molar-refractivity contribution < 1.29 is 22.8 Å². The highest BCUT2D eigenvalue weighted by Gasteiger charge is 2.34. The van der Waals surface area contributed by atoms with Gasteiger partial charge >= 0.3 is 0 Å². The highest BCUT2D eigenvalue weighted by molar-refractivity contribution is 7.85. The molecule has 7 nitrogen and oxygen atoms in total.